The first-order valence-corrected chi connectivity index (χ1v) is 16.9. The van der Waals surface area contributed by atoms with Crippen molar-refractivity contribution < 1.29 is 25.8 Å². The third kappa shape index (κ3) is 5.27. The first kappa shape index (κ1) is 22.5. The van der Waals surface area contributed by atoms with Crippen molar-refractivity contribution in [1.82, 2.24) is 0 Å². The number of ether oxygens (including phenoxy) is 2. The summed E-state index contributed by atoms with van der Waals surface area (Å²) in [6.07, 6.45) is 1.19. The summed E-state index contributed by atoms with van der Waals surface area (Å²) in [6, 6.07) is 9.77. The van der Waals surface area contributed by atoms with Crippen LogP contribution in [0.5, 0.6) is 0 Å². The Bertz CT molecular complexity index is 578. The summed E-state index contributed by atoms with van der Waals surface area (Å²) in [7, 11) is 0. The summed E-state index contributed by atoms with van der Waals surface area (Å²) in [5.74, 6) is 0. The molecule has 3 rings (SSSR count). The van der Waals surface area contributed by atoms with Crippen LogP contribution in [0.3, 0.4) is 0 Å². The number of fused-ring (bicyclic) bond motifs is 1. The Kier molecular flexibility index (Phi) is 8.59. The molecule has 0 aliphatic carbocycles. The normalized spacial score (nSPS) is 31.6. The zero-order valence-corrected chi connectivity index (χ0v) is 19.8. The summed E-state index contributed by atoms with van der Waals surface area (Å²) in [6.45, 7) is 4.50. The second-order valence-corrected chi connectivity index (χ2v) is 17.2. The Hall–Kier alpha value is -0.221. The fraction of sp³-hybridized carbons (Fsp3) is 0.714. The van der Waals surface area contributed by atoms with Crippen LogP contribution in [0, 0.1) is 0 Å². The molecule has 2 N–H and O–H groups in total. The molecule has 2 heterocycles. The molecule has 2 aliphatic rings. The van der Waals surface area contributed by atoms with Crippen molar-refractivity contribution in [2.75, 3.05) is 6.61 Å². The molecule has 7 heteroatoms. The van der Waals surface area contributed by atoms with Crippen molar-refractivity contribution in [3.63, 3.8) is 0 Å². The van der Waals surface area contributed by atoms with E-state index in [0.717, 1.165) is 40.1 Å². The van der Waals surface area contributed by atoms with Gasteiger partial charge in [0.2, 0.25) is 0 Å². The topological polar surface area (TPSA) is 77.4 Å². The Morgan fingerprint density at radius 2 is 1.64 bits per heavy atom. The maximum atomic E-state index is 10.9. The van der Waals surface area contributed by atoms with Crippen LogP contribution in [0.4, 0.5) is 0 Å². The van der Waals surface area contributed by atoms with Gasteiger partial charge in [0.05, 0.1) is 0 Å². The summed E-state index contributed by atoms with van der Waals surface area (Å²) < 4.78 is 26.8. The van der Waals surface area contributed by atoms with Gasteiger partial charge >= 0.3 is 173 Å². The summed E-state index contributed by atoms with van der Waals surface area (Å²) >= 11 is -3.30. The minimum atomic E-state index is -3.30. The molecule has 2 saturated heterocycles. The van der Waals surface area contributed by atoms with Gasteiger partial charge in [0.1, 0.15) is 0 Å². The molecule has 0 amide bonds. The van der Waals surface area contributed by atoms with E-state index in [0.29, 0.717) is 6.61 Å². The number of aliphatic hydroxyl groups excluding tert-OH is 2. The predicted octanol–water partition coefficient (Wildman–Crippen LogP) is 3.11. The van der Waals surface area contributed by atoms with Gasteiger partial charge in [-0.05, 0) is 0 Å². The van der Waals surface area contributed by atoms with Crippen molar-refractivity contribution in [3.8, 4) is 0 Å². The number of rotatable bonds is 10. The minimum absolute atomic E-state index is 0.175. The molecular weight excluding hydrogens is 467 g/mol. The van der Waals surface area contributed by atoms with Gasteiger partial charge < -0.3 is 0 Å². The zero-order chi connectivity index (χ0) is 20.0. The third-order valence-corrected chi connectivity index (χ3v) is 15.9. The second kappa shape index (κ2) is 10.7. The van der Waals surface area contributed by atoms with Gasteiger partial charge in [0.15, 0.2) is 0 Å². The van der Waals surface area contributed by atoms with E-state index in [1.54, 1.807) is 0 Å². The zero-order valence-electron chi connectivity index (χ0n) is 17.0. The van der Waals surface area contributed by atoms with Crippen LogP contribution in [0.15, 0.2) is 30.3 Å². The van der Waals surface area contributed by atoms with Crippen molar-refractivity contribution in [3.05, 3.63) is 35.9 Å². The number of aliphatic hydroxyl groups is 2. The molecule has 0 aromatic heterocycles. The third-order valence-electron chi connectivity index (χ3n) is 5.58. The predicted molar refractivity (Wildman–Crippen MR) is 108 cm³/mol. The van der Waals surface area contributed by atoms with E-state index in [4.69, 9.17) is 15.6 Å². The van der Waals surface area contributed by atoms with Crippen LogP contribution in [-0.2, 0) is 22.2 Å². The van der Waals surface area contributed by atoms with Gasteiger partial charge in [-0.1, -0.05) is 0 Å². The van der Waals surface area contributed by atoms with Crippen LogP contribution in [0.25, 0.3) is 0 Å². The van der Waals surface area contributed by atoms with Crippen LogP contribution < -0.4 is 0 Å². The summed E-state index contributed by atoms with van der Waals surface area (Å²) in [5, 5.41) is 20.8. The van der Waals surface area contributed by atoms with Crippen molar-refractivity contribution in [1.29, 1.82) is 0 Å². The summed E-state index contributed by atoms with van der Waals surface area (Å²) in [4.78, 5) is 0. The van der Waals surface area contributed by atoms with Crippen LogP contribution in [0.2, 0.25) is 8.87 Å². The Morgan fingerprint density at radius 1 is 1.00 bits per heavy atom. The Balaban J connectivity index is 1.70. The quantitative estimate of drug-likeness (QED) is 0.481. The molecular formula is C21H34O6Sn. The van der Waals surface area contributed by atoms with Crippen molar-refractivity contribution in [2.45, 2.75) is 85.7 Å². The number of hydrogen-bond acceptors (Lipinski definition) is 6. The molecule has 0 radical (unpaired) electrons. The van der Waals surface area contributed by atoms with Gasteiger partial charge in [0.25, 0.3) is 0 Å². The molecule has 2 aliphatic heterocycles. The molecule has 5 atom stereocenters. The van der Waals surface area contributed by atoms with E-state index < -0.39 is 49.9 Å². The summed E-state index contributed by atoms with van der Waals surface area (Å²) in [5.41, 5.74) is 1.00. The van der Waals surface area contributed by atoms with E-state index in [1.165, 1.54) is 0 Å². The molecule has 0 bridgehead atoms. The van der Waals surface area contributed by atoms with Gasteiger partial charge in [-0.3, -0.25) is 0 Å². The van der Waals surface area contributed by atoms with Crippen molar-refractivity contribution in [2.24, 2.45) is 0 Å². The Labute approximate surface area is 173 Å². The van der Waals surface area contributed by atoms with E-state index in [-0.39, 0.29) is 6.61 Å². The van der Waals surface area contributed by atoms with Gasteiger partial charge in [-0.25, -0.2) is 0 Å². The van der Waals surface area contributed by atoms with E-state index in [1.807, 2.05) is 30.3 Å². The SMILES string of the molecule is CCC[CH2][Sn]1([CH2]CCC)[O][C@@H]2[C@@H](O)[C@H](OCc3ccccc3)O[C@H](CO)[C@@H]2[O]1. The first-order valence-electron chi connectivity index (χ1n) is 10.6. The molecule has 1 aromatic carbocycles. The van der Waals surface area contributed by atoms with Crippen LogP contribution in [0.1, 0.15) is 45.1 Å². The molecule has 0 unspecified atom stereocenters. The monoisotopic (exact) mass is 502 g/mol. The average molecular weight is 501 g/mol. The van der Waals surface area contributed by atoms with Crippen LogP contribution in [-0.4, -0.2) is 66.7 Å². The molecule has 6 nitrogen and oxygen atoms in total. The van der Waals surface area contributed by atoms with Crippen LogP contribution >= 0.6 is 0 Å². The van der Waals surface area contributed by atoms with Gasteiger partial charge in [-0.2, -0.15) is 0 Å². The molecule has 28 heavy (non-hydrogen) atoms. The van der Waals surface area contributed by atoms with E-state index >= 15 is 0 Å². The molecule has 2 fully saturated rings. The number of unbranched alkanes of at least 4 members (excludes halogenated alkanes) is 2. The van der Waals surface area contributed by atoms with Gasteiger partial charge in [0, 0.05) is 0 Å². The van der Waals surface area contributed by atoms with Gasteiger partial charge in [-0.15, -0.1) is 0 Å². The number of benzene rings is 1. The maximum absolute atomic E-state index is 10.9. The van der Waals surface area contributed by atoms with E-state index in [9.17, 15) is 10.2 Å². The molecule has 158 valence electrons. The van der Waals surface area contributed by atoms with E-state index in [2.05, 4.69) is 13.8 Å². The number of hydrogen-bond donors (Lipinski definition) is 2. The fourth-order valence-electron chi connectivity index (χ4n) is 3.98. The van der Waals surface area contributed by atoms with Crippen molar-refractivity contribution >= 4 is 19.2 Å². The standard InChI is InChI=1S/C13H16O6.2C4H9.Sn/c14-6-9-10(15)11(16)12(17)13(19-9)18-7-8-4-2-1-3-5-8;2*1-3-4-2;/h1-5,9-14,17H,6-7H2;2*1,3-4H2,2H3;/q-2;;;+2/t9-,10+,11+,12-,13-;;;/m1.../s1. The second-order valence-electron chi connectivity index (χ2n) is 7.80. The average Bonchev–Trinajstić information content (AvgIpc) is 3.12. The Morgan fingerprint density at radius 3 is 2.25 bits per heavy atom. The molecule has 0 saturated carbocycles. The first-order chi connectivity index (χ1) is 13.6. The molecule has 1 aromatic rings. The fourth-order valence-corrected chi connectivity index (χ4v) is 15.7. The molecule has 0 spiro atoms.